The van der Waals surface area contributed by atoms with Crippen molar-refractivity contribution in [1.29, 1.82) is 0 Å². The van der Waals surface area contributed by atoms with Crippen LogP contribution in [0.4, 0.5) is 4.39 Å². The summed E-state index contributed by atoms with van der Waals surface area (Å²) >= 11 is 0. The van der Waals surface area contributed by atoms with Crippen LogP contribution in [0.2, 0.25) is 0 Å². The van der Waals surface area contributed by atoms with E-state index in [1.807, 2.05) is 0 Å². The molecule has 0 radical (unpaired) electrons. The third-order valence-electron chi connectivity index (χ3n) is 3.29. The molecular formula is C15H17FN2O2. The maximum absolute atomic E-state index is 13.4. The number of aliphatic hydroxyl groups is 1. The fraction of sp³-hybridized carbons (Fsp3) is 0.400. The molecule has 106 valence electrons. The number of halogens is 1. The molecule has 0 bridgehead atoms. The normalized spacial score (nSPS) is 15.7. The highest BCUT2D eigenvalue weighted by Gasteiger charge is 2.24. The zero-order valence-corrected chi connectivity index (χ0v) is 11.1. The lowest BCUT2D eigenvalue weighted by Crippen LogP contribution is -2.40. The molecule has 20 heavy (non-hydrogen) atoms. The summed E-state index contributed by atoms with van der Waals surface area (Å²) in [6, 6.07) is 3.97. The highest BCUT2D eigenvalue weighted by Crippen LogP contribution is 2.17. The van der Waals surface area contributed by atoms with Gasteiger partial charge in [-0.25, -0.2) is 4.39 Å². The quantitative estimate of drug-likeness (QED) is 0.743. The van der Waals surface area contributed by atoms with Gasteiger partial charge in [-0.15, -0.1) is 0 Å². The van der Waals surface area contributed by atoms with Gasteiger partial charge in [0, 0.05) is 18.7 Å². The van der Waals surface area contributed by atoms with E-state index in [1.54, 1.807) is 4.90 Å². The summed E-state index contributed by atoms with van der Waals surface area (Å²) < 4.78 is 13.4. The van der Waals surface area contributed by atoms with Gasteiger partial charge < -0.3 is 15.7 Å². The molecule has 1 aliphatic heterocycles. The van der Waals surface area contributed by atoms with Crippen molar-refractivity contribution in [1.82, 2.24) is 4.90 Å². The minimum absolute atomic E-state index is 0.181. The fourth-order valence-corrected chi connectivity index (χ4v) is 2.19. The maximum Gasteiger partial charge on any atom is 0.255 e. The fourth-order valence-electron chi connectivity index (χ4n) is 2.19. The van der Waals surface area contributed by atoms with Crippen LogP contribution in [0.3, 0.4) is 0 Å². The Morgan fingerprint density at radius 2 is 2.15 bits per heavy atom. The van der Waals surface area contributed by atoms with E-state index in [0.717, 1.165) is 0 Å². The first-order valence-corrected chi connectivity index (χ1v) is 6.57. The molecule has 1 aliphatic rings. The van der Waals surface area contributed by atoms with Crippen LogP contribution in [-0.4, -0.2) is 41.7 Å². The highest BCUT2D eigenvalue weighted by atomic mass is 19.1. The third kappa shape index (κ3) is 3.35. The Morgan fingerprint density at radius 1 is 1.45 bits per heavy atom. The van der Waals surface area contributed by atoms with Crippen molar-refractivity contribution in [3.05, 3.63) is 35.1 Å². The number of hydrogen-bond acceptors (Lipinski definition) is 3. The molecule has 1 aromatic rings. The molecular weight excluding hydrogens is 259 g/mol. The minimum atomic E-state index is -0.469. The Balaban J connectivity index is 2.26. The second-order valence-corrected chi connectivity index (χ2v) is 4.72. The van der Waals surface area contributed by atoms with Gasteiger partial charge >= 0.3 is 0 Å². The van der Waals surface area contributed by atoms with E-state index in [4.69, 9.17) is 5.73 Å². The van der Waals surface area contributed by atoms with Crippen LogP contribution in [0, 0.1) is 17.7 Å². The van der Waals surface area contributed by atoms with E-state index in [2.05, 4.69) is 11.8 Å². The Labute approximate surface area is 117 Å². The van der Waals surface area contributed by atoms with Crippen LogP contribution in [0.5, 0.6) is 0 Å². The summed E-state index contributed by atoms with van der Waals surface area (Å²) in [5.74, 6) is 4.74. The van der Waals surface area contributed by atoms with Gasteiger partial charge in [0.05, 0.1) is 18.2 Å². The van der Waals surface area contributed by atoms with Crippen LogP contribution < -0.4 is 5.73 Å². The SMILES string of the molecule is NCC#Cc1ccc(F)cc1C(=O)N1CCC(O)CC1. The molecule has 1 fully saturated rings. The first kappa shape index (κ1) is 14.5. The number of nitrogens with zero attached hydrogens (tertiary/aromatic N) is 1. The van der Waals surface area contributed by atoms with Crippen LogP contribution in [0.15, 0.2) is 18.2 Å². The molecule has 0 atom stereocenters. The van der Waals surface area contributed by atoms with E-state index in [-0.39, 0.29) is 24.1 Å². The predicted octanol–water partition coefficient (Wildman–Crippen LogP) is 0.733. The van der Waals surface area contributed by atoms with Gasteiger partial charge in [0.1, 0.15) is 5.82 Å². The van der Waals surface area contributed by atoms with Crippen LogP contribution in [-0.2, 0) is 0 Å². The van der Waals surface area contributed by atoms with E-state index in [1.165, 1.54) is 18.2 Å². The number of benzene rings is 1. The highest BCUT2D eigenvalue weighted by molar-refractivity contribution is 5.96. The van der Waals surface area contributed by atoms with Crippen molar-refractivity contribution in [3.8, 4) is 11.8 Å². The second kappa shape index (κ2) is 6.51. The van der Waals surface area contributed by atoms with Crippen molar-refractivity contribution in [2.75, 3.05) is 19.6 Å². The standard InChI is InChI=1S/C15H17FN2O2/c16-12-4-3-11(2-1-7-17)14(10-12)15(20)18-8-5-13(19)6-9-18/h3-4,10,13,19H,5-9,17H2. The monoisotopic (exact) mass is 276 g/mol. The van der Waals surface area contributed by atoms with Crippen molar-refractivity contribution < 1.29 is 14.3 Å². The number of piperidine rings is 1. The summed E-state index contributed by atoms with van der Waals surface area (Å²) in [7, 11) is 0. The molecule has 0 unspecified atom stereocenters. The number of carbonyl (C=O) groups excluding carboxylic acids is 1. The van der Waals surface area contributed by atoms with Gasteiger partial charge in [0.2, 0.25) is 0 Å². The maximum atomic E-state index is 13.4. The van der Waals surface area contributed by atoms with Crippen LogP contribution in [0.1, 0.15) is 28.8 Å². The summed E-state index contributed by atoms with van der Waals surface area (Å²) in [4.78, 5) is 14.0. The van der Waals surface area contributed by atoms with Crippen molar-refractivity contribution in [2.24, 2.45) is 5.73 Å². The molecule has 0 aromatic heterocycles. The minimum Gasteiger partial charge on any atom is -0.393 e. The topological polar surface area (TPSA) is 66.6 Å². The lowest BCUT2D eigenvalue weighted by Gasteiger charge is -2.29. The molecule has 5 heteroatoms. The third-order valence-corrected chi connectivity index (χ3v) is 3.29. The van der Waals surface area contributed by atoms with Crippen molar-refractivity contribution in [3.63, 3.8) is 0 Å². The zero-order valence-electron chi connectivity index (χ0n) is 11.1. The summed E-state index contributed by atoms with van der Waals surface area (Å²) in [5.41, 5.74) is 6.05. The average Bonchev–Trinajstić information content (AvgIpc) is 2.46. The summed E-state index contributed by atoms with van der Waals surface area (Å²) in [5, 5.41) is 9.46. The molecule has 3 N–H and O–H groups in total. The van der Waals surface area contributed by atoms with Gasteiger partial charge in [-0.3, -0.25) is 4.79 Å². The number of hydrogen-bond donors (Lipinski definition) is 2. The number of amides is 1. The Bertz CT molecular complexity index is 555. The van der Waals surface area contributed by atoms with Crippen LogP contribution in [0.25, 0.3) is 0 Å². The Morgan fingerprint density at radius 3 is 2.80 bits per heavy atom. The number of rotatable bonds is 1. The average molecular weight is 276 g/mol. The van der Waals surface area contributed by atoms with Gasteiger partial charge in [-0.1, -0.05) is 11.8 Å². The molecule has 0 saturated carbocycles. The van der Waals surface area contributed by atoms with Crippen molar-refractivity contribution in [2.45, 2.75) is 18.9 Å². The lowest BCUT2D eigenvalue weighted by atomic mass is 10.0. The summed E-state index contributed by atoms with van der Waals surface area (Å²) in [6.07, 6.45) is 0.735. The van der Waals surface area contributed by atoms with Crippen LogP contribution >= 0.6 is 0 Å². The molecule has 0 aliphatic carbocycles. The molecule has 4 nitrogen and oxygen atoms in total. The molecule has 0 spiro atoms. The van der Waals surface area contributed by atoms with Gasteiger partial charge in [0.15, 0.2) is 0 Å². The molecule has 2 rings (SSSR count). The Kier molecular flexibility index (Phi) is 4.72. The number of nitrogens with two attached hydrogens (primary N) is 1. The number of likely N-dealkylation sites (tertiary alicyclic amines) is 1. The molecule has 1 aromatic carbocycles. The number of aliphatic hydroxyl groups excluding tert-OH is 1. The molecule has 1 heterocycles. The van der Waals surface area contributed by atoms with E-state index < -0.39 is 5.82 Å². The smallest absolute Gasteiger partial charge is 0.255 e. The predicted molar refractivity (Wildman–Crippen MR) is 73.5 cm³/mol. The number of carbonyl (C=O) groups is 1. The van der Waals surface area contributed by atoms with E-state index in [0.29, 0.717) is 31.5 Å². The Hall–Kier alpha value is -1.90. The van der Waals surface area contributed by atoms with E-state index in [9.17, 15) is 14.3 Å². The van der Waals surface area contributed by atoms with Gasteiger partial charge in [-0.05, 0) is 31.0 Å². The second-order valence-electron chi connectivity index (χ2n) is 4.72. The van der Waals surface area contributed by atoms with Gasteiger partial charge in [0.25, 0.3) is 5.91 Å². The molecule has 1 amide bonds. The zero-order chi connectivity index (χ0) is 14.5. The lowest BCUT2D eigenvalue weighted by molar-refractivity contribution is 0.0546. The first-order chi connectivity index (χ1) is 9.61. The van der Waals surface area contributed by atoms with Crippen molar-refractivity contribution >= 4 is 5.91 Å². The van der Waals surface area contributed by atoms with Gasteiger partial charge in [-0.2, -0.15) is 0 Å². The largest absolute Gasteiger partial charge is 0.393 e. The molecule has 1 saturated heterocycles. The van der Waals surface area contributed by atoms with E-state index >= 15 is 0 Å². The summed E-state index contributed by atoms with van der Waals surface area (Å²) in [6.45, 7) is 1.13. The first-order valence-electron chi connectivity index (χ1n) is 6.57.